The molecular weight excluding hydrogens is 172 g/mol. The monoisotopic (exact) mass is 182 g/mol. The van der Waals surface area contributed by atoms with Crippen LogP contribution in [0, 0.1) is 0 Å². The van der Waals surface area contributed by atoms with Crippen LogP contribution in [0.4, 0.5) is 5.95 Å². The van der Waals surface area contributed by atoms with Crippen molar-refractivity contribution in [3.63, 3.8) is 0 Å². The van der Waals surface area contributed by atoms with Crippen LogP contribution >= 0.6 is 0 Å². The molecule has 6 heteroatoms. The first-order chi connectivity index (χ1) is 6.36. The average molecular weight is 182 g/mol. The van der Waals surface area contributed by atoms with Crippen molar-refractivity contribution in [2.45, 2.75) is 0 Å². The molecule has 1 aromatic heterocycles. The Kier molecular flexibility index (Phi) is 2.22. The first kappa shape index (κ1) is 8.18. The molecule has 70 valence electrons. The van der Waals surface area contributed by atoms with Gasteiger partial charge in [-0.1, -0.05) is 0 Å². The molecule has 0 atom stereocenters. The van der Waals surface area contributed by atoms with Crippen molar-refractivity contribution in [3.8, 4) is 0 Å². The molecule has 1 aliphatic heterocycles. The van der Waals surface area contributed by atoms with E-state index in [4.69, 9.17) is 4.74 Å². The van der Waals surface area contributed by atoms with Gasteiger partial charge in [-0.05, 0) is 0 Å². The van der Waals surface area contributed by atoms with Gasteiger partial charge >= 0.3 is 0 Å². The fraction of sp³-hybridized carbons (Fsp3) is 0.571. The van der Waals surface area contributed by atoms with Crippen molar-refractivity contribution in [2.24, 2.45) is 0 Å². The van der Waals surface area contributed by atoms with Crippen LogP contribution in [0.3, 0.4) is 0 Å². The van der Waals surface area contributed by atoms with E-state index in [-0.39, 0.29) is 5.56 Å². The summed E-state index contributed by atoms with van der Waals surface area (Å²) in [6.07, 6.45) is 1.16. The van der Waals surface area contributed by atoms with Gasteiger partial charge in [-0.3, -0.25) is 4.79 Å². The summed E-state index contributed by atoms with van der Waals surface area (Å²) in [6.45, 7) is 2.82. The molecule has 1 saturated heterocycles. The third-order valence-corrected chi connectivity index (χ3v) is 1.87. The third kappa shape index (κ3) is 1.83. The van der Waals surface area contributed by atoms with Crippen LogP contribution in [-0.2, 0) is 4.74 Å². The minimum absolute atomic E-state index is 0.319. The first-order valence-electron chi connectivity index (χ1n) is 4.11. The number of aromatic amines is 1. The molecule has 1 fully saturated rings. The van der Waals surface area contributed by atoms with Gasteiger partial charge in [-0.25, -0.2) is 5.10 Å². The van der Waals surface area contributed by atoms with Crippen LogP contribution in [0.2, 0.25) is 0 Å². The van der Waals surface area contributed by atoms with E-state index in [1.807, 2.05) is 4.90 Å². The van der Waals surface area contributed by atoms with Gasteiger partial charge in [0.15, 0.2) is 0 Å². The van der Waals surface area contributed by atoms with Gasteiger partial charge in [0.05, 0.1) is 13.2 Å². The molecule has 13 heavy (non-hydrogen) atoms. The van der Waals surface area contributed by atoms with Crippen LogP contribution in [0.5, 0.6) is 0 Å². The first-order valence-corrected chi connectivity index (χ1v) is 4.11. The molecule has 0 spiro atoms. The number of rotatable bonds is 1. The lowest BCUT2D eigenvalue weighted by Gasteiger charge is -2.26. The quantitative estimate of drug-likeness (QED) is 0.603. The number of hydrogen-bond acceptors (Lipinski definition) is 5. The summed E-state index contributed by atoms with van der Waals surface area (Å²) in [5, 5.41) is 6.37. The average Bonchev–Trinajstić information content (AvgIpc) is 2.19. The van der Waals surface area contributed by atoms with Gasteiger partial charge in [0.25, 0.3) is 5.56 Å². The number of H-pyrrole nitrogens is 1. The Bertz CT molecular complexity index is 331. The second kappa shape index (κ2) is 3.53. The zero-order valence-corrected chi connectivity index (χ0v) is 7.06. The number of aromatic nitrogens is 3. The molecule has 0 aromatic carbocycles. The number of nitrogens with one attached hydrogen (secondary N) is 1. The summed E-state index contributed by atoms with van der Waals surface area (Å²) in [5.74, 6) is 0.524. The van der Waals surface area contributed by atoms with Crippen molar-refractivity contribution in [2.75, 3.05) is 31.2 Å². The predicted molar refractivity (Wildman–Crippen MR) is 45.7 cm³/mol. The van der Waals surface area contributed by atoms with E-state index in [0.29, 0.717) is 19.2 Å². The fourth-order valence-electron chi connectivity index (χ4n) is 1.22. The molecule has 1 aliphatic rings. The Labute approximate surface area is 74.5 Å². The number of morpholine rings is 1. The molecule has 1 N–H and O–H groups in total. The topological polar surface area (TPSA) is 71.1 Å². The Morgan fingerprint density at radius 3 is 2.92 bits per heavy atom. The van der Waals surface area contributed by atoms with Crippen LogP contribution in [0.1, 0.15) is 0 Å². The fourth-order valence-corrected chi connectivity index (χ4v) is 1.22. The highest BCUT2D eigenvalue weighted by Gasteiger charge is 2.12. The molecule has 0 bridgehead atoms. The number of ether oxygens (including phenoxy) is 1. The van der Waals surface area contributed by atoms with Crippen molar-refractivity contribution >= 4 is 5.95 Å². The van der Waals surface area contributed by atoms with Crippen molar-refractivity contribution in [1.82, 2.24) is 15.2 Å². The zero-order chi connectivity index (χ0) is 9.10. The number of hydrogen-bond donors (Lipinski definition) is 1. The van der Waals surface area contributed by atoms with E-state index >= 15 is 0 Å². The second-order valence-corrected chi connectivity index (χ2v) is 2.74. The minimum atomic E-state index is -0.319. The van der Waals surface area contributed by atoms with Crippen LogP contribution in [0.25, 0.3) is 0 Å². The molecule has 2 rings (SSSR count). The Balaban J connectivity index is 2.19. The maximum atomic E-state index is 10.9. The van der Waals surface area contributed by atoms with Gasteiger partial charge in [-0.2, -0.15) is 10.1 Å². The molecule has 0 unspecified atom stereocenters. The molecular formula is C7H10N4O2. The van der Waals surface area contributed by atoms with E-state index in [1.54, 1.807) is 0 Å². The van der Waals surface area contributed by atoms with E-state index in [2.05, 4.69) is 15.2 Å². The highest BCUT2D eigenvalue weighted by atomic mass is 16.5. The van der Waals surface area contributed by atoms with Gasteiger partial charge in [0, 0.05) is 13.1 Å². The largest absolute Gasteiger partial charge is 0.378 e. The van der Waals surface area contributed by atoms with E-state index < -0.39 is 0 Å². The van der Waals surface area contributed by atoms with Crippen molar-refractivity contribution in [1.29, 1.82) is 0 Å². The van der Waals surface area contributed by atoms with Gasteiger partial charge in [0.1, 0.15) is 6.20 Å². The smallest absolute Gasteiger partial charge is 0.293 e. The summed E-state index contributed by atoms with van der Waals surface area (Å²) in [4.78, 5) is 16.6. The Morgan fingerprint density at radius 2 is 2.23 bits per heavy atom. The van der Waals surface area contributed by atoms with Gasteiger partial charge < -0.3 is 9.64 Å². The molecule has 2 heterocycles. The summed E-state index contributed by atoms with van der Waals surface area (Å²) in [6, 6.07) is 0. The van der Waals surface area contributed by atoms with E-state index in [1.165, 1.54) is 0 Å². The lowest BCUT2D eigenvalue weighted by Crippen LogP contribution is -2.38. The zero-order valence-electron chi connectivity index (χ0n) is 7.06. The van der Waals surface area contributed by atoms with Gasteiger partial charge in [0.2, 0.25) is 5.95 Å². The lowest BCUT2D eigenvalue weighted by molar-refractivity contribution is 0.122. The summed E-state index contributed by atoms with van der Waals surface area (Å²) in [7, 11) is 0. The Hall–Kier alpha value is -1.43. The van der Waals surface area contributed by atoms with E-state index in [9.17, 15) is 4.79 Å². The van der Waals surface area contributed by atoms with Crippen LogP contribution in [-0.4, -0.2) is 41.5 Å². The maximum absolute atomic E-state index is 10.9. The SMILES string of the molecule is O=c1cn[nH]c(N2CCOCC2)n1. The second-order valence-electron chi connectivity index (χ2n) is 2.74. The van der Waals surface area contributed by atoms with Crippen LogP contribution < -0.4 is 10.5 Å². The van der Waals surface area contributed by atoms with Crippen molar-refractivity contribution in [3.05, 3.63) is 16.6 Å². The highest BCUT2D eigenvalue weighted by molar-refractivity contribution is 5.27. The van der Waals surface area contributed by atoms with Crippen LogP contribution in [0.15, 0.2) is 11.0 Å². The molecule has 0 radical (unpaired) electrons. The van der Waals surface area contributed by atoms with Crippen molar-refractivity contribution < 1.29 is 4.74 Å². The summed E-state index contributed by atoms with van der Waals surface area (Å²) < 4.78 is 5.17. The summed E-state index contributed by atoms with van der Waals surface area (Å²) >= 11 is 0. The Morgan fingerprint density at radius 1 is 1.46 bits per heavy atom. The standard InChI is InChI=1S/C7H10N4O2/c12-6-5-8-10-7(9-6)11-1-3-13-4-2-11/h5H,1-4H2,(H,9,10,12). The molecule has 0 aliphatic carbocycles. The number of anilines is 1. The lowest BCUT2D eigenvalue weighted by atomic mass is 10.4. The normalized spacial score (nSPS) is 17.4. The minimum Gasteiger partial charge on any atom is -0.378 e. The van der Waals surface area contributed by atoms with Gasteiger partial charge in [-0.15, -0.1) is 0 Å². The van der Waals surface area contributed by atoms with E-state index in [0.717, 1.165) is 19.3 Å². The molecule has 6 nitrogen and oxygen atoms in total. The number of nitrogens with zero attached hydrogens (tertiary/aromatic N) is 3. The molecule has 0 saturated carbocycles. The maximum Gasteiger partial charge on any atom is 0.293 e. The molecule has 0 amide bonds. The molecule has 1 aromatic rings. The summed E-state index contributed by atoms with van der Waals surface area (Å²) in [5.41, 5.74) is -0.319. The predicted octanol–water partition coefficient (Wildman–Crippen LogP) is -0.998. The third-order valence-electron chi connectivity index (χ3n) is 1.87. The highest BCUT2D eigenvalue weighted by Crippen LogP contribution is 2.04.